The van der Waals surface area contributed by atoms with Gasteiger partial charge in [0.1, 0.15) is 5.75 Å². The second-order valence-electron chi connectivity index (χ2n) is 4.24. The molecule has 1 heterocycles. The molecule has 106 valence electrons. The van der Waals surface area contributed by atoms with Gasteiger partial charge in [0, 0.05) is 23.6 Å². The number of hydrogen-bond acceptors (Lipinski definition) is 5. The Kier molecular flexibility index (Phi) is 4.26. The molecular formula is C13H14ClN3O3. The molecule has 4 N–H and O–H groups in total. The molecule has 0 unspecified atom stereocenters. The van der Waals surface area contributed by atoms with E-state index in [0.29, 0.717) is 22.0 Å². The number of rotatable bonds is 4. The van der Waals surface area contributed by atoms with Crippen molar-refractivity contribution in [2.24, 2.45) is 0 Å². The smallest absolute Gasteiger partial charge is 0.255 e. The minimum Gasteiger partial charge on any atom is -0.506 e. The van der Waals surface area contributed by atoms with Crippen molar-refractivity contribution in [3.05, 3.63) is 44.8 Å². The molecule has 0 spiro atoms. The van der Waals surface area contributed by atoms with Gasteiger partial charge in [-0.05, 0) is 25.1 Å². The van der Waals surface area contributed by atoms with Gasteiger partial charge in [0.05, 0.1) is 11.4 Å². The molecule has 0 amide bonds. The zero-order chi connectivity index (χ0) is 14.7. The van der Waals surface area contributed by atoms with E-state index in [9.17, 15) is 9.90 Å². The number of phenolic OH excluding ortho intramolecular Hbond substituents is 1. The van der Waals surface area contributed by atoms with Crippen LogP contribution in [0.2, 0.25) is 5.02 Å². The van der Waals surface area contributed by atoms with Gasteiger partial charge in [-0.3, -0.25) is 9.78 Å². The van der Waals surface area contributed by atoms with E-state index in [-0.39, 0.29) is 30.3 Å². The highest BCUT2D eigenvalue weighted by Gasteiger charge is 2.09. The van der Waals surface area contributed by atoms with Crippen LogP contribution in [0.3, 0.4) is 0 Å². The van der Waals surface area contributed by atoms with Crippen molar-refractivity contribution >= 4 is 23.2 Å². The van der Waals surface area contributed by atoms with Gasteiger partial charge in [-0.15, -0.1) is 0 Å². The second-order valence-corrected chi connectivity index (χ2v) is 4.68. The molecule has 0 bridgehead atoms. The van der Waals surface area contributed by atoms with Crippen molar-refractivity contribution in [3.8, 4) is 5.75 Å². The van der Waals surface area contributed by atoms with Crippen molar-refractivity contribution in [1.82, 2.24) is 9.97 Å². The highest BCUT2D eigenvalue weighted by atomic mass is 35.5. The lowest BCUT2D eigenvalue weighted by Crippen LogP contribution is -2.19. The molecule has 0 atom stereocenters. The van der Waals surface area contributed by atoms with Gasteiger partial charge in [0.25, 0.3) is 5.56 Å². The highest BCUT2D eigenvalue weighted by molar-refractivity contribution is 6.30. The van der Waals surface area contributed by atoms with Gasteiger partial charge in [0.15, 0.2) is 0 Å². The number of aliphatic hydroxyl groups is 1. The number of nitrogens with zero attached hydrogens (tertiary/aromatic N) is 1. The Labute approximate surface area is 120 Å². The molecular weight excluding hydrogens is 282 g/mol. The van der Waals surface area contributed by atoms with E-state index in [1.165, 1.54) is 12.1 Å². The Morgan fingerprint density at radius 2 is 2.20 bits per heavy atom. The Hall–Kier alpha value is -2.05. The SMILES string of the molecule is Cc1nc(Nc2cc(Cl)ccc2O)[nH]c(=O)c1CCO. The number of phenols is 1. The monoisotopic (exact) mass is 295 g/mol. The number of H-pyrrole nitrogens is 1. The predicted octanol–water partition coefficient (Wildman–Crippen LogP) is 1.72. The van der Waals surface area contributed by atoms with Crippen molar-refractivity contribution in [2.45, 2.75) is 13.3 Å². The van der Waals surface area contributed by atoms with Gasteiger partial charge in [-0.1, -0.05) is 11.6 Å². The van der Waals surface area contributed by atoms with Gasteiger partial charge in [0.2, 0.25) is 5.95 Å². The molecule has 1 aromatic heterocycles. The first-order valence-electron chi connectivity index (χ1n) is 5.97. The van der Waals surface area contributed by atoms with Gasteiger partial charge >= 0.3 is 0 Å². The fourth-order valence-electron chi connectivity index (χ4n) is 1.81. The highest BCUT2D eigenvalue weighted by Crippen LogP contribution is 2.28. The lowest BCUT2D eigenvalue weighted by Gasteiger charge is -2.10. The normalized spacial score (nSPS) is 10.6. The lowest BCUT2D eigenvalue weighted by molar-refractivity contribution is 0.298. The number of hydrogen-bond donors (Lipinski definition) is 4. The minimum absolute atomic E-state index is 0.00543. The zero-order valence-electron chi connectivity index (χ0n) is 10.8. The summed E-state index contributed by atoms with van der Waals surface area (Å²) < 4.78 is 0. The summed E-state index contributed by atoms with van der Waals surface area (Å²) in [4.78, 5) is 18.6. The molecule has 6 nitrogen and oxygen atoms in total. The number of aromatic hydroxyl groups is 1. The van der Waals surface area contributed by atoms with Crippen molar-refractivity contribution in [1.29, 1.82) is 0 Å². The van der Waals surface area contributed by atoms with Crippen LogP contribution in [0.5, 0.6) is 5.75 Å². The molecule has 0 saturated carbocycles. The predicted molar refractivity (Wildman–Crippen MR) is 76.8 cm³/mol. The van der Waals surface area contributed by atoms with Crippen molar-refractivity contribution < 1.29 is 10.2 Å². The maximum atomic E-state index is 11.9. The fraction of sp³-hybridized carbons (Fsp3) is 0.231. The number of aliphatic hydroxyl groups excluding tert-OH is 1. The van der Waals surface area contributed by atoms with Crippen LogP contribution in [0.4, 0.5) is 11.6 Å². The van der Waals surface area contributed by atoms with Crippen LogP contribution in [-0.2, 0) is 6.42 Å². The molecule has 0 aliphatic heterocycles. The van der Waals surface area contributed by atoms with Crippen LogP contribution in [0.1, 0.15) is 11.3 Å². The molecule has 7 heteroatoms. The van der Waals surface area contributed by atoms with E-state index >= 15 is 0 Å². The Morgan fingerprint density at radius 3 is 2.85 bits per heavy atom. The van der Waals surface area contributed by atoms with Crippen LogP contribution < -0.4 is 10.9 Å². The van der Waals surface area contributed by atoms with Crippen LogP contribution in [-0.4, -0.2) is 26.8 Å². The molecule has 1 aromatic carbocycles. The van der Waals surface area contributed by atoms with Crippen LogP contribution >= 0.6 is 11.6 Å². The number of nitrogens with one attached hydrogen (secondary N) is 2. The Balaban J connectivity index is 2.35. The zero-order valence-corrected chi connectivity index (χ0v) is 11.5. The summed E-state index contributed by atoms with van der Waals surface area (Å²) >= 11 is 5.84. The molecule has 0 aliphatic carbocycles. The summed E-state index contributed by atoms with van der Waals surface area (Å²) in [6.07, 6.45) is 0.247. The molecule has 0 saturated heterocycles. The Bertz CT molecular complexity index is 685. The van der Waals surface area contributed by atoms with Crippen LogP contribution in [0, 0.1) is 6.92 Å². The van der Waals surface area contributed by atoms with Gasteiger partial charge in [-0.25, -0.2) is 4.98 Å². The third-order valence-electron chi connectivity index (χ3n) is 2.80. The maximum absolute atomic E-state index is 11.9. The number of anilines is 2. The topological polar surface area (TPSA) is 98.2 Å². The third kappa shape index (κ3) is 3.09. The summed E-state index contributed by atoms with van der Waals surface area (Å²) in [6.45, 7) is 1.57. The van der Waals surface area contributed by atoms with E-state index in [2.05, 4.69) is 15.3 Å². The Morgan fingerprint density at radius 1 is 1.45 bits per heavy atom. The number of halogens is 1. The van der Waals surface area contributed by atoms with Crippen LogP contribution in [0.15, 0.2) is 23.0 Å². The lowest BCUT2D eigenvalue weighted by atomic mass is 10.2. The second kappa shape index (κ2) is 5.94. The molecule has 0 fully saturated rings. The number of aromatic amines is 1. The average Bonchev–Trinajstić information content (AvgIpc) is 2.38. The first kappa shape index (κ1) is 14.4. The molecule has 0 radical (unpaired) electrons. The van der Waals surface area contributed by atoms with E-state index in [4.69, 9.17) is 16.7 Å². The van der Waals surface area contributed by atoms with E-state index in [1.807, 2.05) is 0 Å². The summed E-state index contributed by atoms with van der Waals surface area (Å²) in [6, 6.07) is 4.51. The fourth-order valence-corrected chi connectivity index (χ4v) is 1.98. The van der Waals surface area contributed by atoms with E-state index < -0.39 is 0 Å². The van der Waals surface area contributed by atoms with Crippen molar-refractivity contribution in [3.63, 3.8) is 0 Å². The minimum atomic E-state index is -0.324. The third-order valence-corrected chi connectivity index (χ3v) is 3.03. The standard InChI is InChI=1S/C13H14ClN3O3/c1-7-9(4-5-18)12(20)17-13(15-7)16-10-6-8(14)2-3-11(10)19/h2-3,6,18-19H,4-5H2,1H3,(H2,15,16,17,20). The number of aryl methyl sites for hydroxylation is 1. The summed E-state index contributed by atoms with van der Waals surface area (Å²) in [5.41, 5.74) is 0.978. The number of aromatic nitrogens is 2. The first-order chi connectivity index (χ1) is 9.51. The first-order valence-corrected chi connectivity index (χ1v) is 6.35. The quantitative estimate of drug-likeness (QED) is 0.644. The van der Waals surface area contributed by atoms with E-state index in [0.717, 1.165) is 0 Å². The summed E-state index contributed by atoms with van der Waals surface area (Å²) in [5, 5.41) is 21.8. The van der Waals surface area contributed by atoms with Gasteiger partial charge < -0.3 is 15.5 Å². The molecule has 2 rings (SSSR count). The largest absolute Gasteiger partial charge is 0.506 e. The maximum Gasteiger partial charge on any atom is 0.255 e. The summed E-state index contributed by atoms with van der Waals surface area (Å²) in [7, 11) is 0. The molecule has 20 heavy (non-hydrogen) atoms. The molecule has 2 aromatic rings. The van der Waals surface area contributed by atoms with Gasteiger partial charge in [-0.2, -0.15) is 0 Å². The number of benzene rings is 1. The average molecular weight is 296 g/mol. The summed E-state index contributed by atoms with van der Waals surface area (Å²) in [5.74, 6) is 0.195. The van der Waals surface area contributed by atoms with E-state index in [1.54, 1.807) is 13.0 Å². The van der Waals surface area contributed by atoms with Crippen molar-refractivity contribution in [2.75, 3.05) is 11.9 Å². The molecule has 0 aliphatic rings. The van der Waals surface area contributed by atoms with Crippen LogP contribution in [0.25, 0.3) is 0 Å².